The summed E-state index contributed by atoms with van der Waals surface area (Å²) in [5.74, 6) is -0.0652. The maximum atomic E-state index is 13.5. The third-order valence-corrected chi connectivity index (χ3v) is 7.11. The van der Waals surface area contributed by atoms with Gasteiger partial charge in [-0.3, -0.25) is 4.79 Å². The standard InChI is InChI=1S/C30H37N5O4/c1-20-27(25-17-21-9-6-7-11-24(21)35(25)15-16-38-5)32-26-18-22(12-14-34(20)26)28(36)33-13-8-10-23(19-33)31-29(37)39-30(2,3)4/h6-7,9,11-12,14,17-18,23H,8,10,13,15-16,19H2,1-5H3,(H,31,37). The van der Waals surface area contributed by atoms with Gasteiger partial charge in [0.1, 0.15) is 16.9 Å². The Morgan fingerprint density at radius 3 is 2.72 bits per heavy atom. The number of nitrogens with zero attached hydrogens (tertiary/aromatic N) is 4. The second-order valence-corrected chi connectivity index (χ2v) is 11.2. The number of methoxy groups -OCH3 is 1. The molecule has 1 aliphatic heterocycles. The van der Waals surface area contributed by atoms with Crippen LogP contribution in [0.25, 0.3) is 27.9 Å². The number of para-hydroxylation sites is 1. The number of carbonyl (C=O) groups is 2. The van der Waals surface area contributed by atoms with Crippen LogP contribution < -0.4 is 5.32 Å². The molecule has 1 atom stereocenters. The molecule has 206 valence electrons. The molecule has 9 heteroatoms. The van der Waals surface area contributed by atoms with E-state index >= 15 is 0 Å². The largest absolute Gasteiger partial charge is 0.444 e. The summed E-state index contributed by atoms with van der Waals surface area (Å²) in [7, 11) is 1.71. The molecule has 1 aliphatic rings. The van der Waals surface area contributed by atoms with Gasteiger partial charge in [0.15, 0.2) is 0 Å². The second kappa shape index (κ2) is 10.7. The molecule has 0 saturated carbocycles. The van der Waals surface area contributed by atoms with Crippen molar-refractivity contribution in [1.82, 2.24) is 24.2 Å². The van der Waals surface area contributed by atoms with Crippen LogP contribution in [0, 0.1) is 6.92 Å². The normalized spacial score (nSPS) is 16.1. The molecule has 4 aromatic rings. The molecule has 1 N–H and O–H groups in total. The number of amides is 2. The fourth-order valence-corrected chi connectivity index (χ4v) is 5.31. The second-order valence-electron chi connectivity index (χ2n) is 11.2. The van der Waals surface area contributed by atoms with E-state index < -0.39 is 11.7 Å². The number of pyridine rings is 1. The number of likely N-dealkylation sites (tertiary alicyclic amines) is 1. The van der Waals surface area contributed by atoms with Crippen molar-refractivity contribution < 1.29 is 19.1 Å². The van der Waals surface area contributed by atoms with E-state index in [2.05, 4.69) is 28.1 Å². The van der Waals surface area contributed by atoms with Crippen molar-refractivity contribution in [3.8, 4) is 11.4 Å². The van der Waals surface area contributed by atoms with E-state index in [1.54, 1.807) is 12.0 Å². The third-order valence-electron chi connectivity index (χ3n) is 7.11. The van der Waals surface area contributed by atoms with Gasteiger partial charge in [0.2, 0.25) is 0 Å². The highest BCUT2D eigenvalue weighted by Crippen LogP contribution is 2.31. The van der Waals surface area contributed by atoms with Gasteiger partial charge in [-0.15, -0.1) is 0 Å². The number of fused-ring (bicyclic) bond motifs is 2. The minimum absolute atomic E-state index is 0.0652. The zero-order valence-corrected chi connectivity index (χ0v) is 23.4. The molecule has 0 spiro atoms. The van der Waals surface area contributed by atoms with Crippen LogP contribution in [-0.4, -0.2) is 69.3 Å². The smallest absolute Gasteiger partial charge is 0.407 e. The fraction of sp³-hybridized carbons (Fsp3) is 0.433. The van der Waals surface area contributed by atoms with Crippen LogP contribution in [-0.2, 0) is 16.0 Å². The van der Waals surface area contributed by atoms with Crippen LogP contribution in [0.5, 0.6) is 0 Å². The van der Waals surface area contributed by atoms with Crippen LogP contribution in [0.1, 0.15) is 49.7 Å². The lowest BCUT2D eigenvalue weighted by atomic mass is 10.0. The van der Waals surface area contributed by atoms with E-state index in [0.29, 0.717) is 31.8 Å². The number of benzene rings is 1. The molecule has 4 heterocycles. The minimum Gasteiger partial charge on any atom is -0.444 e. The molecule has 1 fully saturated rings. The molecule has 0 aliphatic carbocycles. The Labute approximate surface area is 228 Å². The van der Waals surface area contributed by atoms with Crippen molar-refractivity contribution in [1.29, 1.82) is 0 Å². The first-order chi connectivity index (χ1) is 18.6. The molecule has 5 rings (SSSR count). The molecule has 1 saturated heterocycles. The van der Waals surface area contributed by atoms with Crippen molar-refractivity contribution in [2.45, 2.75) is 58.7 Å². The van der Waals surface area contributed by atoms with E-state index in [1.165, 1.54) is 0 Å². The minimum atomic E-state index is -0.566. The van der Waals surface area contributed by atoms with Gasteiger partial charge < -0.3 is 28.7 Å². The van der Waals surface area contributed by atoms with Crippen LogP contribution in [0.3, 0.4) is 0 Å². The van der Waals surface area contributed by atoms with Crippen molar-refractivity contribution in [2.75, 3.05) is 26.8 Å². The van der Waals surface area contributed by atoms with E-state index in [0.717, 1.165) is 46.5 Å². The van der Waals surface area contributed by atoms with E-state index in [9.17, 15) is 9.59 Å². The highest BCUT2D eigenvalue weighted by molar-refractivity contribution is 5.95. The van der Waals surface area contributed by atoms with Gasteiger partial charge in [0.25, 0.3) is 5.91 Å². The van der Waals surface area contributed by atoms with Crippen LogP contribution in [0.15, 0.2) is 48.7 Å². The summed E-state index contributed by atoms with van der Waals surface area (Å²) in [4.78, 5) is 32.5. The summed E-state index contributed by atoms with van der Waals surface area (Å²) in [6, 6.07) is 14.0. The predicted molar refractivity (Wildman–Crippen MR) is 151 cm³/mol. The first-order valence-electron chi connectivity index (χ1n) is 13.5. The number of aryl methyl sites for hydroxylation is 1. The zero-order valence-electron chi connectivity index (χ0n) is 23.4. The molecule has 1 aromatic carbocycles. The van der Waals surface area contributed by atoms with Crippen LogP contribution in [0.2, 0.25) is 0 Å². The van der Waals surface area contributed by atoms with Gasteiger partial charge in [-0.25, -0.2) is 9.78 Å². The lowest BCUT2D eigenvalue weighted by Crippen LogP contribution is -2.50. The molecule has 0 bridgehead atoms. The van der Waals surface area contributed by atoms with E-state index in [-0.39, 0.29) is 11.9 Å². The summed E-state index contributed by atoms with van der Waals surface area (Å²) in [5.41, 5.74) is 4.78. The average molecular weight is 532 g/mol. The molecule has 0 radical (unpaired) electrons. The van der Waals surface area contributed by atoms with Gasteiger partial charge in [-0.1, -0.05) is 18.2 Å². The monoisotopic (exact) mass is 531 g/mol. The molecule has 9 nitrogen and oxygen atoms in total. The van der Waals surface area contributed by atoms with Gasteiger partial charge in [-0.05, 0) is 64.8 Å². The number of imidazole rings is 1. The lowest BCUT2D eigenvalue weighted by Gasteiger charge is -2.33. The number of piperidine rings is 1. The first kappa shape index (κ1) is 26.7. The molecular formula is C30H37N5O4. The third kappa shape index (κ3) is 5.63. The Balaban J connectivity index is 1.40. The van der Waals surface area contributed by atoms with E-state index in [4.69, 9.17) is 14.5 Å². The Kier molecular flexibility index (Phi) is 7.36. The lowest BCUT2D eigenvalue weighted by molar-refractivity contribution is 0.0452. The first-order valence-corrected chi connectivity index (χ1v) is 13.5. The number of carbonyl (C=O) groups excluding carboxylic acids is 2. The number of alkyl carbamates (subject to hydrolysis) is 1. The SMILES string of the molecule is COCCn1c(-c2nc3cc(C(=O)N4CCCC(NC(=O)OC(C)(C)C)C4)ccn3c2C)cc2ccccc21. The summed E-state index contributed by atoms with van der Waals surface area (Å²) >= 11 is 0. The Morgan fingerprint density at radius 2 is 1.95 bits per heavy atom. The number of hydrogen-bond donors (Lipinski definition) is 1. The predicted octanol–water partition coefficient (Wildman–Crippen LogP) is 5.04. The zero-order chi connectivity index (χ0) is 27.7. The number of ether oxygens (including phenoxy) is 2. The molecule has 39 heavy (non-hydrogen) atoms. The molecular weight excluding hydrogens is 494 g/mol. The van der Waals surface area contributed by atoms with Crippen LogP contribution in [0.4, 0.5) is 4.79 Å². The number of aromatic nitrogens is 3. The van der Waals surface area contributed by atoms with Crippen LogP contribution >= 0.6 is 0 Å². The number of hydrogen-bond acceptors (Lipinski definition) is 5. The average Bonchev–Trinajstić information content (AvgIpc) is 3.42. The van der Waals surface area contributed by atoms with Crippen molar-refractivity contribution in [3.05, 3.63) is 59.9 Å². The highest BCUT2D eigenvalue weighted by atomic mass is 16.6. The Hall–Kier alpha value is -3.85. The molecule has 3 aromatic heterocycles. The number of rotatable bonds is 6. The fourth-order valence-electron chi connectivity index (χ4n) is 5.31. The van der Waals surface area contributed by atoms with Gasteiger partial charge in [-0.2, -0.15) is 0 Å². The quantitative estimate of drug-likeness (QED) is 0.377. The maximum Gasteiger partial charge on any atom is 0.407 e. The van der Waals surface area contributed by atoms with E-state index in [1.807, 2.05) is 62.6 Å². The summed E-state index contributed by atoms with van der Waals surface area (Å²) in [6.07, 6.45) is 3.08. The topological polar surface area (TPSA) is 90.1 Å². The molecule has 2 amide bonds. The van der Waals surface area contributed by atoms with Crippen molar-refractivity contribution in [2.24, 2.45) is 0 Å². The maximum absolute atomic E-state index is 13.5. The highest BCUT2D eigenvalue weighted by Gasteiger charge is 2.28. The molecule has 1 unspecified atom stereocenters. The summed E-state index contributed by atoms with van der Waals surface area (Å²) in [6.45, 7) is 9.95. The van der Waals surface area contributed by atoms with Gasteiger partial charge >= 0.3 is 6.09 Å². The Bertz CT molecular complexity index is 1510. The Morgan fingerprint density at radius 1 is 1.15 bits per heavy atom. The van der Waals surface area contributed by atoms with Gasteiger partial charge in [0.05, 0.1) is 12.3 Å². The number of nitrogens with one attached hydrogen (secondary N) is 1. The van der Waals surface area contributed by atoms with Crippen molar-refractivity contribution >= 4 is 28.6 Å². The summed E-state index contributed by atoms with van der Waals surface area (Å²) < 4.78 is 15.0. The van der Waals surface area contributed by atoms with Crippen molar-refractivity contribution in [3.63, 3.8) is 0 Å². The van der Waals surface area contributed by atoms with Gasteiger partial charge in [0, 0.05) is 61.1 Å². The summed E-state index contributed by atoms with van der Waals surface area (Å²) in [5, 5.41) is 4.07.